The molecule has 0 N–H and O–H groups in total. The molecule has 0 heterocycles. The Morgan fingerprint density at radius 1 is 0.714 bits per heavy atom. The van der Waals surface area contributed by atoms with Gasteiger partial charge in [0.2, 0.25) is 0 Å². The molecule has 0 spiro atoms. The first-order valence-electron chi connectivity index (χ1n) is 6.98. The lowest BCUT2D eigenvalue weighted by Gasteiger charge is -2.24. The molecule has 0 aromatic rings. The lowest BCUT2D eigenvalue weighted by atomic mass is 10.4. The van der Waals surface area contributed by atoms with Crippen LogP contribution < -0.4 is 0 Å². The van der Waals surface area contributed by atoms with Crippen LogP contribution in [-0.2, 0) is 22.4 Å². The fourth-order valence-corrected chi connectivity index (χ4v) is 4.23. The molecule has 0 fully saturated rings. The number of hydrogen-bond acceptors (Lipinski definition) is 5. The summed E-state index contributed by atoms with van der Waals surface area (Å²) in [5.74, 6) is 1.37. The summed E-state index contributed by atoms with van der Waals surface area (Å²) in [7, 11) is 2.57. The molecule has 0 aliphatic carbocycles. The minimum Gasteiger partial charge on any atom is -0.467 e. The lowest BCUT2D eigenvalue weighted by Crippen LogP contribution is -2.36. The van der Waals surface area contributed by atoms with Crippen LogP contribution in [0.25, 0.3) is 0 Å². The highest BCUT2D eigenvalue weighted by Gasteiger charge is 2.30. The van der Waals surface area contributed by atoms with Crippen LogP contribution in [0.5, 0.6) is 0 Å². The van der Waals surface area contributed by atoms with Crippen molar-refractivity contribution in [1.29, 1.82) is 0 Å². The number of allylic oxidation sites excluding steroid dienone is 2. The van der Waals surface area contributed by atoms with E-state index in [0.717, 1.165) is 12.1 Å². The Kier molecular flexibility index (Phi) is 9.34. The van der Waals surface area contributed by atoms with Crippen LogP contribution in [0.3, 0.4) is 0 Å². The largest absolute Gasteiger partial charge is 0.467 e. The molecule has 5 nitrogen and oxygen atoms in total. The maximum Gasteiger partial charge on any atom is 0.334 e. The zero-order valence-electron chi connectivity index (χ0n) is 14.3. The van der Waals surface area contributed by atoms with Gasteiger partial charge in [-0.2, -0.15) is 0 Å². The Morgan fingerprint density at radius 2 is 1.00 bits per heavy atom. The van der Waals surface area contributed by atoms with Crippen LogP contribution in [0.15, 0.2) is 24.7 Å². The molecule has 0 unspecified atom stereocenters. The van der Waals surface area contributed by atoms with Gasteiger partial charge in [-0.3, -0.25) is 0 Å². The SMILES string of the molecule is C=C(CC[Si](C)(OC)OC)OC(=C)CC[Si](C)(OC)OC. The van der Waals surface area contributed by atoms with Gasteiger partial charge in [0, 0.05) is 41.3 Å². The molecule has 0 saturated heterocycles. The number of hydrogen-bond donors (Lipinski definition) is 0. The standard InChI is InChI=1S/C14H30O5Si2/c1-13(9-11-20(7,15-3)16-4)19-14(2)10-12-21(8,17-5)18-6/h1-2,9-12H2,3-8H3. The molecule has 124 valence electrons. The van der Waals surface area contributed by atoms with Crippen molar-refractivity contribution in [2.45, 2.75) is 38.0 Å². The summed E-state index contributed by atoms with van der Waals surface area (Å²) in [5.41, 5.74) is 0. The zero-order chi connectivity index (χ0) is 16.5. The molecule has 7 heteroatoms. The average Bonchev–Trinajstić information content (AvgIpc) is 2.50. The van der Waals surface area contributed by atoms with Gasteiger partial charge >= 0.3 is 17.1 Å². The second-order valence-electron chi connectivity index (χ2n) is 5.26. The predicted molar refractivity (Wildman–Crippen MR) is 89.5 cm³/mol. The van der Waals surface area contributed by atoms with Gasteiger partial charge in [0.25, 0.3) is 0 Å². The quantitative estimate of drug-likeness (QED) is 0.403. The summed E-state index contributed by atoms with van der Waals surface area (Å²) in [6.07, 6.45) is 1.40. The number of ether oxygens (including phenoxy) is 1. The summed E-state index contributed by atoms with van der Waals surface area (Å²) >= 11 is 0. The Hall–Kier alpha value is -0.446. The molecule has 0 aromatic heterocycles. The second-order valence-corrected chi connectivity index (χ2v) is 12.4. The highest BCUT2D eigenvalue weighted by atomic mass is 28.4. The van der Waals surface area contributed by atoms with E-state index in [9.17, 15) is 0 Å². The van der Waals surface area contributed by atoms with Crippen molar-refractivity contribution < 1.29 is 22.4 Å². The summed E-state index contributed by atoms with van der Waals surface area (Å²) in [5, 5.41) is 0. The molecule has 0 bridgehead atoms. The van der Waals surface area contributed by atoms with Crippen LogP contribution in [0.2, 0.25) is 25.2 Å². The Bertz CT molecular complexity index is 306. The molecule has 0 amide bonds. The van der Waals surface area contributed by atoms with Gasteiger partial charge in [0.15, 0.2) is 0 Å². The van der Waals surface area contributed by atoms with E-state index >= 15 is 0 Å². The minimum atomic E-state index is -2.07. The maximum atomic E-state index is 5.65. The zero-order valence-corrected chi connectivity index (χ0v) is 16.3. The molecule has 0 saturated carbocycles. The van der Waals surface area contributed by atoms with Gasteiger partial charge in [-0.1, -0.05) is 13.2 Å². The van der Waals surface area contributed by atoms with Gasteiger partial charge in [0.05, 0.1) is 11.5 Å². The normalized spacial score (nSPS) is 12.3. The molecule has 0 aromatic carbocycles. The first kappa shape index (κ1) is 20.6. The van der Waals surface area contributed by atoms with Gasteiger partial charge in [-0.05, 0) is 25.2 Å². The van der Waals surface area contributed by atoms with Crippen LogP contribution in [0.4, 0.5) is 0 Å². The van der Waals surface area contributed by atoms with Crippen molar-refractivity contribution in [3.05, 3.63) is 24.7 Å². The summed E-state index contributed by atoms with van der Waals surface area (Å²) in [6, 6.07) is 1.60. The highest BCUT2D eigenvalue weighted by Crippen LogP contribution is 2.22. The predicted octanol–water partition coefficient (Wildman–Crippen LogP) is 3.54. The van der Waals surface area contributed by atoms with Crippen LogP contribution in [0.1, 0.15) is 12.8 Å². The van der Waals surface area contributed by atoms with E-state index in [-0.39, 0.29) is 0 Å². The van der Waals surface area contributed by atoms with Crippen molar-refractivity contribution in [3.8, 4) is 0 Å². The van der Waals surface area contributed by atoms with Crippen molar-refractivity contribution >= 4 is 17.1 Å². The van der Waals surface area contributed by atoms with Gasteiger partial charge in [-0.25, -0.2) is 0 Å². The van der Waals surface area contributed by atoms with E-state index in [4.69, 9.17) is 22.4 Å². The van der Waals surface area contributed by atoms with Crippen molar-refractivity contribution in [1.82, 2.24) is 0 Å². The molecule has 0 atom stereocenters. The molecule has 21 heavy (non-hydrogen) atoms. The molecular weight excluding hydrogens is 304 g/mol. The average molecular weight is 335 g/mol. The van der Waals surface area contributed by atoms with Crippen LogP contribution in [-0.4, -0.2) is 45.6 Å². The van der Waals surface area contributed by atoms with E-state index in [0.29, 0.717) is 24.4 Å². The number of rotatable bonds is 12. The molecule has 0 radical (unpaired) electrons. The summed E-state index contributed by atoms with van der Waals surface area (Å²) < 4.78 is 27.4. The third-order valence-electron chi connectivity index (χ3n) is 3.73. The highest BCUT2D eigenvalue weighted by molar-refractivity contribution is 6.66. The summed E-state index contributed by atoms with van der Waals surface area (Å²) in [4.78, 5) is 0. The monoisotopic (exact) mass is 334 g/mol. The maximum absolute atomic E-state index is 5.65. The second kappa shape index (κ2) is 9.55. The Labute approximate surface area is 131 Å². The van der Waals surface area contributed by atoms with Gasteiger partial charge in [0.1, 0.15) is 0 Å². The first-order valence-corrected chi connectivity index (χ1v) is 12.0. The van der Waals surface area contributed by atoms with E-state index < -0.39 is 17.1 Å². The molecule has 0 aliphatic heterocycles. The smallest absolute Gasteiger partial charge is 0.334 e. The topological polar surface area (TPSA) is 46.2 Å². The minimum absolute atomic E-state index is 0.686. The fraction of sp³-hybridized carbons (Fsp3) is 0.714. The van der Waals surface area contributed by atoms with Crippen molar-refractivity contribution in [3.63, 3.8) is 0 Å². The Morgan fingerprint density at radius 3 is 1.24 bits per heavy atom. The van der Waals surface area contributed by atoms with Crippen molar-refractivity contribution in [2.24, 2.45) is 0 Å². The van der Waals surface area contributed by atoms with Gasteiger partial charge in [-0.15, -0.1) is 0 Å². The Balaban J connectivity index is 4.14. The molecule has 0 aliphatic rings. The van der Waals surface area contributed by atoms with E-state index in [2.05, 4.69) is 13.2 Å². The van der Waals surface area contributed by atoms with E-state index in [1.54, 1.807) is 28.4 Å². The summed E-state index contributed by atoms with van der Waals surface area (Å²) in [6.45, 7) is 11.9. The van der Waals surface area contributed by atoms with Crippen LogP contribution >= 0.6 is 0 Å². The third-order valence-corrected chi connectivity index (χ3v) is 9.50. The molecular formula is C14H30O5Si2. The first-order chi connectivity index (χ1) is 9.74. The van der Waals surface area contributed by atoms with E-state index in [1.807, 2.05) is 13.1 Å². The lowest BCUT2D eigenvalue weighted by molar-refractivity contribution is 0.236. The van der Waals surface area contributed by atoms with Crippen molar-refractivity contribution in [2.75, 3.05) is 28.4 Å². The van der Waals surface area contributed by atoms with E-state index in [1.165, 1.54) is 0 Å². The third kappa shape index (κ3) is 7.94. The van der Waals surface area contributed by atoms with Gasteiger partial charge < -0.3 is 22.4 Å². The molecule has 0 rings (SSSR count). The fourth-order valence-electron chi connectivity index (χ4n) is 1.61. The van der Waals surface area contributed by atoms with Crippen LogP contribution in [0, 0.1) is 0 Å².